The largest absolute Gasteiger partial charge is 0.479 e. The first-order valence-electron chi connectivity index (χ1n) is 9.13. The molecule has 0 bridgehead atoms. The third kappa shape index (κ3) is 4.43. The van der Waals surface area contributed by atoms with Crippen LogP contribution in [0.1, 0.15) is 31.4 Å². The Morgan fingerprint density at radius 3 is 2.64 bits per heavy atom. The van der Waals surface area contributed by atoms with Gasteiger partial charge in [0.05, 0.1) is 18.2 Å². The van der Waals surface area contributed by atoms with Gasteiger partial charge in [0.25, 0.3) is 0 Å². The number of esters is 1. The summed E-state index contributed by atoms with van der Waals surface area (Å²) in [5, 5.41) is 12.5. The Labute approximate surface area is 169 Å². The third-order valence-electron chi connectivity index (χ3n) is 4.70. The van der Waals surface area contributed by atoms with Crippen molar-refractivity contribution >= 4 is 23.3 Å². The monoisotopic (exact) mass is 401 g/mol. The van der Waals surface area contributed by atoms with Crippen molar-refractivity contribution in [3.8, 4) is 11.8 Å². The second kappa shape index (κ2) is 9.04. The highest BCUT2D eigenvalue weighted by Gasteiger charge is 2.40. The molecule has 1 atom stereocenters. The van der Waals surface area contributed by atoms with E-state index in [9.17, 15) is 4.79 Å². The van der Waals surface area contributed by atoms with Gasteiger partial charge in [0, 0.05) is 18.8 Å². The number of rotatable bonds is 8. The van der Waals surface area contributed by atoms with E-state index in [0.29, 0.717) is 29.1 Å². The molecule has 2 aliphatic rings. The fraction of sp³-hybridized carbons (Fsp3) is 0.450. The Kier molecular flexibility index (Phi) is 6.49. The van der Waals surface area contributed by atoms with Crippen molar-refractivity contribution in [2.75, 3.05) is 26.9 Å². The average molecular weight is 401 g/mol. The molecule has 1 heterocycles. The van der Waals surface area contributed by atoms with Gasteiger partial charge in [0.15, 0.2) is 11.7 Å². The summed E-state index contributed by atoms with van der Waals surface area (Å²) in [6.45, 7) is 2.42. The first-order valence-corrected chi connectivity index (χ1v) is 9.54. The van der Waals surface area contributed by atoms with E-state index < -0.39 is 6.04 Å². The van der Waals surface area contributed by atoms with Crippen LogP contribution in [0.4, 0.5) is 0 Å². The number of methoxy groups -OCH3 is 1. The van der Waals surface area contributed by atoms with Gasteiger partial charge in [0.1, 0.15) is 18.4 Å². The van der Waals surface area contributed by atoms with E-state index in [-0.39, 0.29) is 19.2 Å². The lowest BCUT2D eigenvalue weighted by molar-refractivity contribution is -0.140. The molecular weight excluding hydrogens is 378 g/mol. The highest BCUT2D eigenvalue weighted by Crippen LogP contribution is 2.38. The zero-order valence-corrected chi connectivity index (χ0v) is 16.8. The maximum Gasteiger partial charge on any atom is 0.338 e. The summed E-state index contributed by atoms with van der Waals surface area (Å²) in [5.74, 6) is 0.207. The number of carbonyl (C=O) groups excluding carboxylic acids is 1. The standard InChI is InChI=1S/C20H23N3O4S/c1-13-17(19(24)27-12-11-25-2)18(22-20(28)23(13)15-5-6-15)14-3-7-16(8-4-14)26-10-9-21/h3-4,7-8,15,18H,5-6,10-12H2,1-2H3,(H,22,28)/t18-/m1/s1. The second-order valence-corrected chi connectivity index (χ2v) is 7.01. The van der Waals surface area contributed by atoms with Crippen molar-refractivity contribution in [2.24, 2.45) is 0 Å². The van der Waals surface area contributed by atoms with Gasteiger partial charge in [-0.25, -0.2) is 4.79 Å². The Bertz CT molecular complexity index is 812. The molecule has 1 aromatic carbocycles. The first-order chi connectivity index (χ1) is 13.6. The van der Waals surface area contributed by atoms with Crippen LogP contribution < -0.4 is 10.1 Å². The number of thiocarbonyl (C=S) groups is 1. The van der Waals surface area contributed by atoms with Crippen molar-refractivity contribution in [1.82, 2.24) is 10.2 Å². The van der Waals surface area contributed by atoms with Crippen LogP contribution in [0.15, 0.2) is 35.5 Å². The predicted molar refractivity (Wildman–Crippen MR) is 106 cm³/mol. The number of benzene rings is 1. The van der Waals surface area contributed by atoms with Crippen LogP contribution in [0, 0.1) is 11.3 Å². The molecule has 1 aromatic rings. The van der Waals surface area contributed by atoms with Crippen LogP contribution >= 0.6 is 12.2 Å². The molecule has 28 heavy (non-hydrogen) atoms. The fourth-order valence-corrected chi connectivity index (χ4v) is 3.62. The zero-order valence-electron chi connectivity index (χ0n) is 15.9. The van der Waals surface area contributed by atoms with Crippen LogP contribution in [0.25, 0.3) is 0 Å². The van der Waals surface area contributed by atoms with E-state index in [0.717, 1.165) is 24.1 Å². The maximum atomic E-state index is 12.9. The molecule has 148 valence electrons. The SMILES string of the molecule is COCCOC(=O)C1=C(C)N(C2CC2)C(=S)N[C@@H]1c1ccc(OCC#N)cc1. The van der Waals surface area contributed by atoms with Gasteiger partial charge in [0.2, 0.25) is 0 Å². The summed E-state index contributed by atoms with van der Waals surface area (Å²) >= 11 is 5.57. The van der Waals surface area contributed by atoms with E-state index >= 15 is 0 Å². The number of nitrogens with one attached hydrogen (secondary N) is 1. The highest BCUT2D eigenvalue weighted by atomic mass is 32.1. The second-order valence-electron chi connectivity index (χ2n) is 6.63. The van der Waals surface area contributed by atoms with Gasteiger partial charge in [-0.15, -0.1) is 0 Å². The lowest BCUT2D eigenvalue weighted by atomic mass is 9.95. The van der Waals surface area contributed by atoms with Gasteiger partial charge in [-0.05, 0) is 49.7 Å². The lowest BCUT2D eigenvalue weighted by Crippen LogP contribution is -2.48. The van der Waals surface area contributed by atoms with E-state index in [1.807, 2.05) is 30.0 Å². The summed E-state index contributed by atoms with van der Waals surface area (Å²) < 4.78 is 15.7. The van der Waals surface area contributed by atoms with E-state index in [1.54, 1.807) is 19.2 Å². The summed E-state index contributed by atoms with van der Waals surface area (Å²) in [6, 6.07) is 9.12. The molecule has 1 aliphatic heterocycles. The topological polar surface area (TPSA) is 83.8 Å². The molecule has 1 saturated carbocycles. The minimum absolute atomic E-state index is 0.0163. The molecule has 0 aromatic heterocycles. The minimum atomic E-state index is -0.414. The van der Waals surface area contributed by atoms with Crippen LogP contribution in [-0.4, -0.2) is 49.0 Å². The molecule has 8 heteroatoms. The molecule has 7 nitrogen and oxygen atoms in total. The number of nitrogens with zero attached hydrogens (tertiary/aromatic N) is 2. The van der Waals surface area contributed by atoms with E-state index in [2.05, 4.69) is 5.32 Å². The first kappa shape index (κ1) is 20.1. The number of carbonyl (C=O) groups is 1. The van der Waals surface area contributed by atoms with Crippen LogP contribution in [0.5, 0.6) is 5.75 Å². The predicted octanol–water partition coefficient (Wildman–Crippen LogP) is 2.45. The lowest BCUT2D eigenvalue weighted by Gasteiger charge is -2.37. The Hall–Kier alpha value is -2.63. The molecule has 0 amide bonds. The van der Waals surface area contributed by atoms with Crippen LogP contribution in [0.3, 0.4) is 0 Å². The molecule has 1 fully saturated rings. The zero-order chi connectivity index (χ0) is 20.1. The number of allylic oxidation sites excluding steroid dienone is 1. The molecule has 3 rings (SSSR count). The normalized spacial score (nSPS) is 19.1. The quantitative estimate of drug-likeness (QED) is 0.404. The van der Waals surface area contributed by atoms with Gasteiger partial charge in [-0.3, -0.25) is 0 Å². The third-order valence-corrected chi connectivity index (χ3v) is 5.01. The molecule has 1 aliphatic carbocycles. The maximum absolute atomic E-state index is 12.9. The molecule has 1 N–H and O–H groups in total. The number of ether oxygens (including phenoxy) is 3. The smallest absolute Gasteiger partial charge is 0.338 e. The minimum Gasteiger partial charge on any atom is -0.479 e. The Balaban J connectivity index is 1.89. The average Bonchev–Trinajstić information content (AvgIpc) is 3.51. The van der Waals surface area contributed by atoms with E-state index in [4.69, 9.17) is 31.7 Å². The van der Waals surface area contributed by atoms with Gasteiger partial charge < -0.3 is 24.4 Å². The van der Waals surface area contributed by atoms with E-state index in [1.165, 1.54) is 0 Å². The van der Waals surface area contributed by atoms with Crippen molar-refractivity contribution in [2.45, 2.75) is 31.8 Å². The molecule has 0 saturated heterocycles. The number of hydrogen-bond donors (Lipinski definition) is 1. The van der Waals surface area contributed by atoms with Crippen LogP contribution in [0.2, 0.25) is 0 Å². The summed E-state index contributed by atoms with van der Waals surface area (Å²) in [6.07, 6.45) is 2.11. The number of hydrogen-bond acceptors (Lipinski definition) is 6. The molecule has 0 spiro atoms. The van der Waals surface area contributed by atoms with Gasteiger partial charge >= 0.3 is 5.97 Å². The van der Waals surface area contributed by atoms with Crippen molar-refractivity contribution in [1.29, 1.82) is 5.26 Å². The molecule has 0 unspecified atom stereocenters. The molecular formula is C20H23N3O4S. The van der Waals surface area contributed by atoms with Gasteiger partial charge in [-0.1, -0.05) is 12.1 Å². The summed E-state index contributed by atoms with van der Waals surface area (Å²) in [4.78, 5) is 14.9. The Morgan fingerprint density at radius 2 is 2.04 bits per heavy atom. The number of nitriles is 1. The molecule has 0 radical (unpaired) electrons. The Morgan fingerprint density at radius 1 is 1.32 bits per heavy atom. The highest BCUT2D eigenvalue weighted by molar-refractivity contribution is 7.80. The van der Waals surface area contributed by atoms with Gasteiger partial charge in [-0.2, -0.15) is 5.26 Å². The fourth-order valence-electron chi connectivity index (χ4n) is 3.21. The van der Waals surface area contributed by atoms with Crippen molar-refractivity contribution < 1.29 is 19.0 Å². The van der Waals surface area contributed by atoms with Crippen molar-refractivity contribution in [3.63, 3.8) is 0 Å². The summed E-state index contributed by atoms with van der Waals surface area (Å²) in [7, 11) is 1.56. The van der Waals surface area contributed by atoms with Crippen molar-refractivity contribution in [3.05, 3.63) is 41.1 Å². The van der Waals surface area contributed by atoms with Crippen LogP contribution in [-0.2, 0) is 14.3 Å². The summed E-state index contributed by atoms with van der Waals surface area (Å²) in [5.41, 5.74) is 2.23.